The van der Waals surface area contributed by atoms with Gasteiger partial charge < -0.3 is 24.0 Å². The zero-order chi connectivity index (χ0) is 8.59. The molecular weight excluding hydrogens is 290 g/mol. The van der Waals surface area contributed by atoms with Crippen molar-refractivity contribution in [2.45, 2.75) is 27.7 Å². The van der Waals surface area contributed by atoms with Crippen molar-refractivity contribution in [2.24, 2.45) is 0 Å². The van der Waals surface area contributed by atoms with E-state index in [-0.39, 0.29) is 52.8 Å². The third kappa shape index (κ3) is 3.36. The summed E-state index contributed by atoms with van der Waals surface area (Å²) in [5, 5.41) is 0. The Hall–Kier alpha value is 0.646. The molecule has 0 N–H and O–H groups in total. The van der Waals surface area contributed by atoms with Crippen molar-refractivity contribution >= 4 is 23.1 Å². The molecule has 68 valence electrons. The SMILES string of the molecule is Cc1[c-]c(F)c(C)c(C)c1C.[I-].[Mg+2]. The third-order valence-electron chi connectivity index (χ3n) is 2.31. The molecule has 0 saturated heterocycles. The first-order valence-electron chi connectivity index (χ1n) is 3.69. The number of hydrogen-bond acceptors (Lipinski definition) is 0. The van der Waals surface area contributed by atoms with Crippen LogP contribution in [0, 0.1) is 39.6 Å². The maximum absolute atomic E-state index is 13.0. The van der Waals surface area contributed by atoms with Crippen LogP contribution in [0.15, 0.2) is 0 Å². The summed E-state index contributed by atoms with van der Waals surface area (Å²) in [6, 6.07) is 2.68. The van der Waals surface area contributed by atoms with Crippen LogP contribution in [0.5, 0.6) is 0 Å². The van der Waals surface area contributed by atoms with Gasteiger partial charge in [-0.25, -0.2) is 4.39 Å². The molecule has 3 heteroatoms. The zero-order valence-corrected chi connectivity index (χ0v) is 12.0. The van der Waals surface area contributed by atoms with Gasteiger partial charge in [-0.1, -0.05) is 27.7 Å². The Balaban J connectivity index is 0. The molecule has 0 bridgehead atoms. The third-order valence-corrected chi connectivity index (χ3v) is 2.31. The molecule has 0 spiro atoms. The van der Waals surface area contributed by atoms with Crippen LogP contribution in [0.1, 0.15) is 22.3 Å². The summed E-state index contributed by atoms with van der Waals surface area (Å²) in [4.78, 5) is 0. The van der Waals surface area contributed by atoms with Gasteiger partial charge in [-0.05, 0) is 0 Å². The number of rotatable bonds is 0. The summed E-state index contributed by atoms with van der Waals surface area (Å²) < 4.78 is 13.0. The van der Waals surface area contributed by atoms with E-state index in [0.717, 1.165) is 16.7 Å². The maximum Gasteiger partial charge on any atom is 2.00 e. The summed E-state index contributed by atoms with van der Waals surface area (Å²) in [6.45, 7) is 7.60. The molecule has 0 nitrogen and oxygen atoms in total. The second kappa shape index (κ2) is 6.19. The van der Waals surface area contributed by atoms with Gasteiger partial charge in [0.05, 0.1) is 0 Å². The monoisotopic (exact) mass is 302 g/mol. The Morgan fingerprint density at radius 1 is 0.923 bits per heavy atom. The van der Waals surface area contributed by atoms with Crippen molar-refractivity contribution in [3.63, 3.8) is 0 Å². The van der Waals surface area contributed by atoms with Crippen LogP contribution in [-0.2, 0) is 0 Å². The molecule has 0 unspecified atom stereocenters. The van der Waals surface area contributed by atoms with Gasteiger partial charge in [-0.15, -0.1) is 11.6 Å². The molecule has 1 rings (SSSR count). The molecule has 0 fully saturated rings. The van der Waals surface area contributed by atoms with Gasteiger partial charge >= 0.3 is 23.1 Å². The molecule has 0 atom stereocenters. The Labute approximate surface area is 112 Å². The Morgan fingerprint density at radius 3 is 1.85 bits per heavy atom. The molecule has 1 aromatic carbocycles. The van der Waals surface area contributed by atoms with Crippen LogP contribution in [0.3, 0.4) is 0 Å². The minimum Gasteiger partial charge on any atom is -1.00 e. The van der Waals surface area contributed by atoms with Crippen molar-refractivity contribution in [1.29, 1.82) is 0 Å². The molecule has 0 aliphatic carbocycles. The minimum atomic E-state index is -0.217. The van der Waals surface area contributed by atoms with Gasteiger partial charge in [-0.3, -0.25) is 0 Å². The van der Waals surface area contributed by atoms with Gasteiger partial charge in [0.1, 0.15) is 0 Å². The first kappa shape index (κ1) is 16.1. The van der Waals surface area contributed by atoms with Crippen LogP contribution in [-0.4, -0.2) is 23.1 Å². The molecule has 1 aromatic rings. The molecule has 0 aliphatic heterocycles. The zero-order valence-electron chi connectivity index (χ0n) is 8.46. The first-order valence-corrected chi connectivity index (χ1v) is 3.69. The quantitative estimate of drug-likeness (QED) is 0.344. The second-order valence-electron chi connectivity index (χ2n) is 2.94. The standard InChI is InChI=1S/C10H12F.HI.Mg/c1-6-5-10(11)9(4)8(3)7(6)2;;/h1-4H3;1H;/q-1;;+2/p-1. The summed E-state index contributed by atoms with van der Waals surface area (Å²) in [7, 11) is 0. The summed E-state index contributed by atoms with van der Waals surface area (Å²) >= 11 is 0. The Bertz CT molecular complexity index is 271. The molecule has 0 amide bonds. The van der Waals surface area contributed by atoms with Crippen molar-refractivity contribution in [3.05, 3.63) is 34.1 Å². The van der Waals surface area contributed by atoms with E-state index in [1.807, 2.05) is 20.8 Å². The number of hydrogen-bond donors (Lipinski definition) is 0. The smallest absolute Gasteiger partial charge is 1.00 e. The van der Waals surface area contributed by atoms with E-state index in [1.54, 1.807) is 6.92 Å². The molecular formula is C10H12FIMg. The summed E-state index contributed by atoms with van der Waals surface area (Å²) in [5.74, 6) is -0.217. The van der Waals surface area contributed by atoms with Crippen molar-refractivity contribution in [3.8, 4) is 0 Å². The van der Waals surface area contributed by atoms with Gasteiger partial charge in [0.2, 0.25) is 0 Å². The Kier molecular flexibility index (Phi) is 7.66. The number of aryl methyl sites for hydroxylation is 1. The van der Waals surface area contributed by atoms with Crippen molar-refractivity contribution in [2.75, 3.05) is 0 Å². The molecule has 0 aliphatic rings. The van der Waals surface area contributed by atoms with Crippen LogP contribution in [0.25, 0.3) is 0 Å². The molecule has 0 radical (unpaired) electrons. The van der Waals surface area contributed by atoms with Crippen LogP contribution >= 0.6 is 0 Å². The van der Waals surface area contributed by atoms with E-state index < -0.39 is 0 Å². The van der Waals surface area contributed by atoms with E-state index in [9.17, 15) is 4.39 Å². The van der Waals surface area contributed by atoms with E-state index in [2.05, 4.69) is 6.07 Å². The number of benzene rings is 1. The van der Waals surface area contributed by atoms with E-state index in [4.69, 9.17) is 0 Å². The van der Waals surface area contributed by atoms with Crippen molar-refractivity contribution in [1.82, 2.24) is 0 Å². The van der Waals surface area contributed by atoms with E-state index in [1.165, 1.54) is 0 Å². The van der Waals surface area contributed by atoms with Crippen molar-refractivity contribution < 1.29 is 28.4 Å². The van der Waals surface area contributed by atoms with Gasteiger partial charge in [0.25, 0.3) is 0 Å². The van der Waals surface area contributed by atoms with Crippen LogP contribution in [0.2, 0.25) is 0 Å². The predicted octanol–water partition coefficient (Wildman–Crippen LogP) is -0.517. The fourth-order valence-electron chi connectivity index (χ4n) is 1.08. The number of halogens is 2. The van der Waals surface area contributed by atoms with Gasteiger partial charge in [0.15, 0.2) is 0 Å². The van der Waals surface area contributed by atoms with Gasteiger partial charge in [0, 0.05) is 5.82 Å². The molecule has 0 heterocycles. The van der Waals surface area contributed by atoms with E-state index >= 15 is 0 Å². The Morgan fingerprint density at radius 2 is 1.38 bits per heavy atom. The minimum absolute atomic E-state index is 0. The molecule has 0 aromatic heterocycles. The normalized spacial score (nSPS) is 8.69. The molecule has 13 heavy (non-hydrogen) atoms. The van der Waals surface area contributed by atoms with Gasteiger partial charge in [-0.2, -0.15) is 16.7 Å². The predicted molar refractivity (Wildman–Crippen MR) is 49.9 cm³/mol. The van der Waals surface area contributed by atoms with E-state index in [0.29, 0.717) is 5.56 Å². The molecule has 0 saturated carbocycles. The second-order valence-corrected chi connectivity index (χ2v) is 2.94. The maximum atomic E-state index is 13.0. The topological polar surface area (TPSA) is 0 Å². The fraction of sp³-hybridized carbons (Fsp3) is 0.400. The summed E-state index contributed by atoms with van der Waals surface area (Å²) in [5.41, 5.74) is 3.81. The van der Waals surface area contributed by atoms with Crippen LogP contribution in [0.4, 0.5) is 4.39 Å². The average Bonchev–Trinajstić information content (AvgIpc) is 1.97. The largest absolute Gasteiger partial charge is 2.00 e. The fourth-order valence-corrected chi connectivity index (χ4v) is 1.08. The van der Waals surface area contributed by atoms with Crippen LogP contribution < -0.4 is 24.0 Å². The summed E-state index contributed by atoms with van der Waals surface area (Å²) in [6.07, 6.45) is 0. The first-order chi connectivity index (χ1) is 5.04. The average molecular weight is 302 g/mol.